The number of fused-ring (bicyclic) bond motifs is 1. The van der Waals surface area contributed by atoms with Gasteiger partial charge in [0.05, 0.1) is 13.2 Å². The van der Waals surface area contributed by atoms with Crippen LogP contribution in [0.2, 0.25) is 0 Å². The third kappa shape index (κ3) is 6.01. The minimum Gasteiger partial charge on any atom is -0.379 e. The molecule has 8 nitrogen and oxygen atoms in total. The van der Waals surface area contributed by atoms with Gasteiger partial charge in [-0.25, -0.2) is 4.98 Å². The van der Waals surface area contributed by atoms with Crippen LogP contribution < -0.4 is 10.6 Å². The molecule has 0 spiro atoms. The molecule has 1 aliphatic rings. The van der Waals surface area contributed by atoms with E-state index in [9.17, 15) is 9.59 Å². The molecular weight excluding hydrogens is 430 g/mol. The lowest BCUT2D eigenvalue weighted by molar-refractivity contribution is 0.0374. The number of rotatable bonds is 10. The van der Waals surface area contributed by atoms with Gasteiger partial charge in [-0.15, -0.1) is 0 Å². The van der Waals surface area contributed by atoms with Crippen molar-refractivity contribution in [2.24, 2.45) is 0 Å². The van der Waals surface area contributed by atoms with Crippen LogP contribution in [0.15, 0.2) is 48.7 Å². The Labute approximate surface area is 200 Å². The lowest BCUT2D eigenvalue weighted by atomic mass is 10.1. The number of aryl methyl sites for hydroxylation is 1. The van der Waals surface area contributed by atoms with Crippen molar-refractivity contribution in [2.45, 2.75) is 32.6 Å². The van der Waals surface area contributed by atoms with E-state index in [1.807, 2.05) is 42.5 Å². The molecule has 0 saturated carbocycles. The van der Waals surface area contributed by atoms with Crippen molar-refractivity contribution in [1.29, 1.82) is 0 Å². The molecule has 1 aliphatic heterocycles. The average molecular weight is 464 g/mol. The van der Waals surface area contributed by atoms with Crippen molar-refractivity contribution < 1.29 is 14.3 Å². The van der Waals surface area contributed by atoms with Crippen LogP contribution >= 0.6 is 0 Å². The highest BCUT2D eigenvalue weighted by molar-refractivity contribution is 6.08. The molecule has 0 atom stereocenters. The molecule has 3 heterocycles. The van der Waals surface area contributed by atoms with Crippen LogP contribution in [0.5, 0.6) is 0 Å². The summed E-state index contributed by atoms with van der Waals surface area (Å²) in [5.41, 5.74) is 2.68. The molecule has 34 heavy (non-hydrogen) atoms. The van der Waals surface area contributed by atoms with Gasteiger partial charge in [-0.2, -0.15) is 0 Å². The average Bonchev–Trinajstić information content (AvgIpc) is 3.24. The molecule has 2 aromatic heterocycles. The molecule has 0 radical (unpaired) electrons. The van der Waals surface area contributed by atoms with Gasteiger partial charge in [-0.1, -0.05) is 31.5 Å². The molecule has 4 rings (SSSR count). The normalized spacial score (nSPS) is 14.3. The second kappa shape index (κ2) is 11.8. The van der Waals surface area contributed by atoms with Crippen LogP contribution in [0.3, 0.4) is 0 Å². The Hall–Kier alpha value is -3.23. The van der Waals surface area contributed by atoms with Gasteiger partial charge in [0, 0.05) is 31.4 Å². The second-order valence-corrected chi connectivity index (χ2v) is 8.56. The van der Waals surface area contributed by atoms with Crippen molar-refractivity contribution in [3.8, 4) is 0 Å². The Morgan fingerprint density at radius 1 is 1.03 bits per heavy atom. The fourth-order valence-corrected chi connectivity index (χ4v) is 4.10. The van der Waals surface area contributed by atoms with E-state index in [0.29, 0.717) is 23.4 Å². The molecule has 1 fully saturated rings. The number of unbranched alkanes of at least 4 members (excludes halogenated alkanes) is 1. The highest BCUT2D eigenvalue weighted by atomic mass is 16.5. The zero-order valence-electron chi connectivity index (χ0n) is 19.8. The van der Waals surface area contributed by atoms with E-state index >= 15 is 0 Å². The van der Waals surface area contributed by atoms with Crippen LogP contribution in [0, 0.1) is 0 Å². The van der Waals surface area contributed by atoms with Crippen molar-refractivity contribution in [1.82, 2.24) is 19.6 Å². The number of anilines is 1. The predicted molar refractivity (Wildman–Crippen MR) is 132 cm³/mol. The molecule has 1 saturated heterocycles. The molecule has 180 valence electrons. The van der Waals surface area contributed by atoms with E-state index in [4.69, 9.17) is 4.74 Å². The minimum absolute atomic E-state index is 0.258. The number of amides is 2. The van der Waals surface area contributed by atoms with Crippen LogP contribution in [-0.2, 0) is 11.2 Å². The van der Waals surface area contributed by atoms with Crippen LogP contribution in [0.25, 0.3) is 5.65 Å². The number of carbonyl (C=O) groups is 2. The summed E-state index contributed by atoms with van der Waals surface area (Å²) in [5, 5.41) is 5.84. The molecule has 0 aliphatic carbocycles. The van der Waals surface area contributed by atoms with Crippen molar-refractivity contribution in [3.63, 3.8) is 0 Å². The fraction of sp³-hybridized carbons (Fsp3) is 0.423. The number of morpholine rings is 1. The lowest BCUT2D eigenvalue weighted by Gasteiger charge is -2.26. The van der Waals surface area contributed by atoms with Crippen molar-refractivity contribution in [3.05, 3.63) is 65.5 Å². The zero-order chi connectivity index (χ0) is 23.8. The van der Waals surface area contributed by atoms with E-state index in [1.54, 1.807) is 10.6 Å². The van der Waals surface area contributed by atoms with Crippen LogP contribution in [0.1, 0.15) is 52.6 Å². The smallest absolute Gasteiger partial charge is 0.272 e. The van der Waals surface area contributed by atoms with Gasteiger partial charge >= 0.3 is 0 Å². The number of hydrogen-bond donors (Lipinski definition) is 2. The Morgan fingerprint density at radius 2 is 1.82 bits per heavy atom. The SMILES string of the molecule is CCCCc1ccc(C(=O)Nc2nc3ccccn3c2C(=O)NCCCN2CCOCC2)cc1. The molecule has 0 bridgehead atoms. The quantitative estimate of drug-likeness (QED) is 0.450. The Bertz CT molecular complexity index is 1100. The van der Waals surface area contributed by atoms with Gasteiger partial charge in [-0.3, -0.25) is 18.9 Å². The number of pyridine rings is 1. The molecule has 2 N–H and O–H groups in total. The first-order valence-corrected chi connectivity index (χ1v) is 12.1. The van der Waals surface area contributed by atoms with Crippen LogP contribution in [0.4, 0.5) is 5.82 Å². The summed E-state index contributed by atoms with van der Waals surface area (Å²) in [6.45, 7) is 7.00. The first-order valence-electron chi connectivity index (χ1n) is 12.1. The summed E-state index contributed by atoms with van der Waals surface area (Å²) < 4.78 is 7.09. The Balaban J connectivity index is 1.43. The van der Waals surface area contributed by atoms with Gasteiger partial charge in [0.1, 0.15) is 5.65 Å². The number of hydrogen-bond acceptors (Lipinski definition) is 5. The van der Waals surface area contributed by atoms with E-state index in [0.717, 1.165) is 58.5 Å². The van der Waals surface area contributed by atoms with Crippen molar-refractivity contribution in [2.75, 3.05) is 44.7 Å². The van der Waals surface area contributed by atoms with Gasteiger partial charge in [0.25, 0.3) is 11.8 Å². The molecule has 0 unspecified atom stereocenters. The highest BCUT2D eigenvalue weighted by Crippen LogP contribution is 2.19. The molecule has 2 amide bonds. The topological polar surface area (TPSA) is 88.0 Å². The van der Waals surface area contributed by atoms with E-state index in [2.05, 4.69) is 27.4 Å². The third-order valence-electron chi connectivity index (χ3n) is 6.05. The van der Waals surface area contributed by atoms with Gasteiger partial charge < -0.3 is 15.4 Å². The standard InChI is InChI=1S/C26H33N5O3/c1-2-3-7-20-9-11-21(12-10-20)25(32)29-24-23(31-15-5-4-8-22(31)28-24)26(33)27-13-6-14-30-16-18-34-19-17-30/h4-5,8-12,15H,2-3,6-7,13-14,16-19H2,1H3,(H,27,33)(H,29,32). The van der Waals surface area contributed by atoms with E-state index in [-0.39, 0.29) is 17.6 Å². The maximum Gasteiger partial charge on any atom is 0.272 e. The lowest BCUT2D eigenvalue weighted by Crippen LogP contribution is -2.38. The third-order valence-corrected chi connectivity index (χ3v) is 6.05. The summed E-state index contributed by atoms with van der Waals surface area (Å²) >= 11 is 0. The fourth-order valence-electron chi connectivity index (χ4n) is 4.10. The number of nitrogens with one attached hydrogen (secondary N) is 2. The Morgan fingerprint density at radius 3 is 2.59 bits per heavy atom. The number of aromatic nitrogens is 2. The maximum absolute atomic E-state index is 13.1. The van der Waals surface area contributed by atoms with Crippen LogP contribution in [-0.4, -0.2) is 65.5 Å². The predicted octanol–water partition coefficient (Wildman–Crippen LogP) is 3.38. The number of nitrogens with zero attached hydrogens (tertiary/aromatic N) is 3. The summed E-state index contributed by atoms with van der Waals surface area (Å²) in [7, 11) is 0. The number of benzene rings is 1. The second-order valence-electron chi connectivity index (χ2n) is 8.56. The first kappa shape index (κ1) is 23.9. The molecule has 3 aromatic rings. The molecule has 8 heteroatoms. The molecule has 1 aromatic carbocycles. The monoisotopic (exact) mass is 463 g/mol. The van der Waals surface area contributed by atoms with E-state index < -0.39 is 0 Å². The first-order chi connectivity index (χ1) is 16.7. The number of carbonyl (C=O) groups excluding carboxylic acids is 2. The maximum atomic E-state index is 13.1. The van der Waals surface area contributed by atoms with Gasteiger partial charge in [-0.05, 0) is 55.6 Å². The highest BCUT2D eigenvalue weighted by Gasteiger charge is 2.21. The number of imidazole rings is 1. The minimum atomic E-state index is -0.285. The van der Waals surface area contributed by atoms with E-state index in [1.165, 1.54) is 5.56 Å². The summed E-state index contributed by atoms with van der Waals surface area (Å²) in [4.78, 5) is 32.9. The van der Waals surface area contributed by atoms with Crippen molar-refractivity contribution >= 4 is 23.3 Å². The summed E-state index contributed by atoms with van der Waals surface area (Å²) in [6.07, 6.45) is 5.88. The van der Waals surface area contributed by atoms with Gasteiger partial charge in [0.15, 0.2) is 11.5 Å². The largest absolute Gasteiger partial charge is 0.379 e. The number of ether oxygens (including phenoxy) is 1. The summed E-state index contributed by atoms with van der Waals surface area (Å²) in [6, 6.07) is 13.1. The summed E-state index contributed by atoms with van der Waals surface area (Å²) in [5.74, 6) is -0.283. The Kier molecular flexibility index (Phi) is 8.27. The van der Waals surface area contributed by atoms with Gasteiger partial charge in [0.2, 0.25) is 0 Å². The molecular formula is C26H33N5O3. The zero-order valence-corrected chi connectivity index (χ0v) is 19.8.